The molecule has 2 aromatic rings. The molecule has 0 amide bonds. The zero-order valence-corrected chi connectivity index (χ0v) is 13.2. The normalized spacial score (nSPS) is 16.4. The third-order valence-electron chi connectivity index (χ3n) is 4.14. The molecule has 23 heavy (non-hydrogen) atoms. The molecule has 0 radical (unpaired) electrons. The lowest BCUT2D eigenvalue weighted by Crippen LogP contribution is -2.38. The zero-order chi connectivity index (χ0) is 15.8. The van der Waals surface area contributed by atoms with Crippen LogP contribution in [0.3, 0.4) is 0 Å². The molecule has 0 N–H and O–H groups in total. The number of hydrogen-bond acceptors (Lipinski definition) is 6. The highest BCUT2D eigenvalue weighted by molar-refractivity contribution is 7.98. The maximum absolute atomic E-state index is 12.3. The van der Waals surface area contributed by atoms with Crippen molar-refractivity contribution in [3.05, 3.63) is 45.8 Å². The summed E-state index contributed by atoms with van der Waals surface area (Å²) in [6, 6.07) is 9.92. The van der Waals surface area contributed by atoms with E-state index in [2.05, 4.69) is 4.90 Å². The molecular formula is C17H14N2O3S. The van der Waals surface area contributed by atoms with Crippen LogP contribution in [-0.2, 0) is 10.5 Å². The first-order valence-corrected chi connectivity index (χ1v) is 8.43. The van der Waals surface area contributed by atoms with E-state index in [0.717, 1.165) is 21.7 Å². The summed E-state index contributed by atoms with van der Waals surface area (Å²) in [4.78, 5) is 15.5. The standard InChI is InChI=1S/C17H14N2O3S/c18-9-12-15(19-5-7-21-8-6-19)13-10-23-14-4-2-1-3-11(14)16(13)22-17(12)20/h1-4H,5-8,10H2. The summed E-state index contributed by atoms with van der Waals surface area (Å²) in [6.07, 6.45) is 0. The molecule has 6 heteroatoms. The molecule has 2 aliphatic rings. The first-order chi connectivity index (χ1) is 11.3. The van der Waals surface area contributed by atoms with Crippen LogP contribution in [0.2, 0.25) is 0 Å². The zero-order valence-electron chi connectivity index (χ0n) is 12.4. The van der Waals surface area contributed by atoms with Gasteiger partial charge in [0.15, 0.2) is 5.56 Å². The van der Waals surface area contributed by atoms with Gasteiger partial charge >= 0.3 is 5.63 Å². The Hall–Kier alpha value is -2.23. The van der Waals surface area contributed by atoms with Crippen molar-refractivity contribution in [3.8, 4) is 17.4 Å². The van der Waals surface area contributed by atoms with Crippen LogP contribution in [0.1, 0.15) is 11.1 Å². The van der Waals surface area contributed by atoms with Crippen molar-refractivity contribution in [2.45, 2.75) is 10.6 Å². The SMILES string of the molecule is N#Cc1c(N2CCOCC2)c2c(oc1=O)-c1ccccc1SC2. The van der Waals surface area contributed by atoms with Gasteiger partial charge in [-0.25, -0.2) is 4.79 Å². The Morgan fingerprint density at radius 3 is 2.78 bits per heavy atom. The van der Waals surface area contributed by atoms with Gasteiger partial charge in [0, 0.05) is 34.9 Å². The fourth-order valence-corrected chi connectivity index (χ4v) is 4.14. The molecule has 0 saturated carbocycles. The third kappa shape index (κ3) is 2.33. The van der Waals surface area contributed by atoms with Crippen LogP contribution in [0, 0.1) is 11.3 Å². The van der Waals surface area contributed by atoms with Crippen LogP contribution in [0.25, 0.3) is 11.3 Å². The lowest BCUT2D eigenvalue weighted by atomic mass is 10.0. The largest absolute Gasteiger partial charge is 0.421 e. The van der Waals surface area contributed by atoms with Gasteiger partial charge in [-0.15, -0.1) is 11.8 Å². The number of anilines is 1. The summed E-state index contributed by atoms with van der Waals surface area (Å²) < 4.78 is 10.9. The van der Waals surface area contributed by atoms with E-state index in [9.17, 15) is 10.1 Å². The maximum Gasteiger partial charge on any atom is 0.356 e. The number of thioether (sulfide) groups is 1. The molecule has 1 aromatic heterocycles. The van der Waals surface area contributed by atoms with Crippen LogP contribution in [-0.4, -0.2) is 26.3 Å². The van der Waals surface area contributed by atoms with Gasteiger partial charge in [0.05, 0.1) is 18.9 Å². The van der Waals surface area contributed by atoms with Crippen molar-refractivity contribution in [2.75, 3.05) is 31.2 Å². The molecule has 1 aromatic carbocycles. The molecule has 0 atom stereocenters. The number of fused-ring (bicyclic) bond motifs is 3. The summed E-state index contributed by atoms with van der Waals surface area (Å²) in [5.41, 5.74) is 2.13. The first-order valence-electron chi connectivity index (χ1n) is 7.44. The third-order valence-corrected chi connectivity index (χ3v) is 5.24. The van der Waals surface area contributed by atoms with Gasteiger partial charge in [-0.3, -0.25) is 0 Å². The molecule has 3 heterocycles. The van der Waals surface area contributed by atoms with Crippen LogP contribution in [0.15, 0.2) is 38.4 Å². The fraction of sp³-hybridized carbons (Fsp3) is 0.294. The molecule has 1 fully saturated rings. The Labute approximate surface area is 137 Å². The lowest BCUT2D eigenvalue weighted by Gasteiger charge is -2.32. The Bertz CT molecular complexity index is 863. The molecule has 5 nitrogen and oxygen atoms in total. The monoisotopic (exact) mass is 326 g/mol. The summed E-state index contributed by atoms with van der Waals surface area (Å²) in [6.45, 7) is 2.56. The molecule has 0 aliphatic carbocycles. The molecule has 0 unspecified atom stereocenters. The minimum atomic E-state index is -0.561. The van der Waals surface area contributed by atoms with E-state index >= 15 is 0 Å². The summed E-state index contributed by atoms with van der Waals surface area (Å²) in [7, 11) is 0. The minimum absolute atomic E-state index is 0.102. The molecule has 0 spiro atoms. The van der Waals surface area contributed by atoms with Crippen molar-refractivity contribution < 1.29 is 9.15 Å². The van der Waals surface area contributed by atoms with E-state index in [1.54, 1.807) is 11.8 Å². The number of hydrogen-bond donors (Lipinski definition) is 0. The molecule has 1 saturated heterocycles. The first kappa shape index (κ1) is 14.4. The lowest BCUT2D eigenvalue weighted by molar-refractivity contribution is 0.122. The molecular weight excluding hydrogens is 312 g/mol. The summed E-state index contributed by atoms with van der Waals surface area (Å²) in [5, 5.41) is 9.45. The summed E-state index contributed by atoms with van der Waals surface area (Å²) >= 11 is 1.71. The smallest absolute Gasteiger partial charge is 0.356 e. The summed E-state index contributed by atoms with van der Waals surface area (Å²) in [5.74, 6) is 1.29. The van der Waals surface area contributed by atoms with Gasteiger partial charge in [0.1, 0.15) is 11.8 Å². The average molecular weight is 326 g/mol. The molecule has 116 valence electrons. The predicted molar refractivity (Wildman–Crippen MR) is 87.7 cm³/mol. The number of morpholine rings is 1. The Morgan fingerprint density at radius 1 is 1.22 bits per heavy atom. The second-order valence-electron chi connectivity index (χ2n) is 5.42. The van der Waals surface area contributed by atoms with Crippen LogP contribution < -0.4 is 10.5 Å². The average Bonchev–Trinajstić information content (AvgIpc) is 2.61. The highest BCUT2D eigenvalue weighted by Gasteiger charge is 2.29. The van der Waals surface area contributed by atoms with E-state index in [0.29, 0.717) is 37.8 Å². The predicted octanol–water partition coefficient (Wildman–Crippen LogP) is 2.62. The molecule has 2 aliphatic heterocycles. The van der Waals surface area contributed by atoms with Crippen LogP contribution >= 0.6 is 11.8 Å². The van der Waals surface area contributed by atoms with Crippen LogP contribution in [0.4, 0.5) is 5.69 Å². The minimum Gasteiger partial charge on any atom is -0.421 e. The Kier molecular flexibility index (Phi) is 3.60. The van der Waals surface area contributed by atoms with Gasteiger partial charge < -0.3 is 14.1 Å². The number of benzene rings is 1. The van der Waals surface area contributed by atoms with Crippen molar-refractivity contribution in [1.82, 2.24) is 0 Å². The van der Waals surface area contributed by atoms with E-state index < -0.39 is 5.63 Å². The van der Waals surface area contributed by atoms with Crippen LogP contribution in [0.5, 0.6) is 0 Å². The highest BCUT2D eigenvalue weighted by Crippen LogP contribution is 2.45. The topological polar surface area (TPSA) is 66.5 Å². The second-order valence-corrected chi connectivity index (χ2v) is 6.43. The fourth-order valence-electron chi connectivity index (χ4n) is 3.08. The Balaban J connectivity index is 1.97. The van der Waals surface area contributed by atoms with E-state index in [1.807, 2.05) is 30.3 Å². The van der Waals surface area contributed by atoms with Crippen molar-refractivity contribution in [3.63, 3.8) is 0 Å². The van der Waals surface area contributed by atoms with E-state index in [-0.39, 0.29) is 5.56 Å². The van der Waals surface area contributed by atoms with Gasteiger partial charge in [0.2, 0.25) is 0 Å². The van der Waals surface area contributed by atoms with E-state index in [1.165, 1.54) is 0 Å². The number of nitriles is 1. The number of ether oxygens (including phenoxy) is 1. The van der Waals surface area contributed by atoms with Crippen molar-refractivity contribution >= 4 is 17.4 Å². The van der Waals surface area contributed by atoms with E-state index in [4.69, 9.17) is 9.15 Å². The Morgan fingerprint density at radius 2 is 2.00 bits per heavy atom. The van der Waals surface area contributed by atoms with Gasteiger partial charge in [0.25, 0.3) is 0 Å². The quantitative estimate of drug-likeness (QED) is 0.802. The highest BCUT2D eigenvalue weighted by atomic mass is 32.2. The molecule has 4 rings (SSSR count). The van der Waals surface area contributed by atoms with Gasteiger partial charge in [-0.05, 0) is 6.07 Å². The molecule has 0 bridgehead atoms. The second kappa shape index (κ2) is 5.76. The van der Waals surface area contributed by atoms with Gasteiger partial charge in [-0.1, -0.05) is 18.2 Å². The maximum atomic E-state index is 12.3. The number of rotatable bonds is 1. The van der Waals surface area contributed by atoms with Crippen molar-refractivity contribution in [2.24, 2.45) is 0 Å². The van der Waals surface area contributed by atoms with Gasteiger partial charge in [-0.2, -0.15) is 5.26 Å². The van der Waals surface area contributed by atoms with Crippen molar-refractivity contribution in [1.29, 1.82) is 5.26 Å². The number of nitrogens with zero attached hydrogens (tertiary/aromatic N) is 2.